The second kappa shape index (κ2) is 4.49. The van der Waals surface area contributed by atoms with Crippen molar-refractivity contribution in [2.45, 2.75) is 6.61 Å². The van der Waals surface area contributed by atoms with E-state index in [1.165, 1.54) is 6.07 Å². The number of aliphatic hydroxyl groups is 1. The molecule has 1 heterocycles. The molecule has 5 heteroatoms. The van der Waals surface area contributed by atoms with Crippen molar-refractivity contribution in [2.24, 2.45) is 0 Å². The molecule has 0 aromatic heterocycles. The average Bonchev–Trinajstić information content (AvgIpc) is 2.28. The van der Waals surface area contributed by atoms with Crippen LogP contribution < -0.4 is 10.2 Å². The van der Waals surface area contributed by atoms with E-state index >= 15 is 0 Å². The summed E-state index contributed by atoms with van der Waals surface area (Å²) in [6.07, 6.45) is 0. The highest BCUT2D eigenvalue weighted by Gasteiger charge is 2.21. The lowest BCUT2D eigenvalue weighted by Crippen LogP contribution is -2.48. The molecule has 16 heavy (non-hydrogen) atoms. The van der Waals surface area contributed by atoms with Crippen molar-refractivity contribution >= 4 is 11.6 Å². The number of anilines is 1. The first-order valence-corrected chi connectivity index (χ1v) is 5.12. The van der Waals surface area contributed by atoms with Gasteiger partial charge >= 0.3 is 0 Å². The number of hydrogen-bond acceptors (Lipinski definition) is 3. The Morgan fingerprint density at radius 1 is 1.50 bits per heavy atom. The first-order chi connectivity index (χ1) is 7.72. The predicted molar refractivity (Wildman–Crippen MR) is 57.5 cm³/mol. The quantitative estimate of drug-likeness (QED) is 0.757. The van der Waals surface area contributed by atoms with Gasteiger partial charge in [0.1, 0.15) is 5.82 Å². The first kappa shape index (κ1) is 10.9. The third-order valence-corrected chi connectivity index (χ3v) is 2.60. The fourth-order valence-corrected chi connectivity index (χ4v) is 1.87. The summed E-state index contributed by atoms with van der Waals surface area (Å²) >= 11 is 0. The molecular weight excluding hydrogens is 211 g/mol. The minimum Gasteiger partial charge on any atom is -0.392 e. The Bertz CT molecular complexity index is 409. The summed E-state index contributed by atoms with van der Waals surface area (Å²) in [6.45, 7) is 0.955. The number of nitrogens with one attached hydrogen (secondary N) is 1. The van der Waals surface area contributed by atoms with E-state index < -0.39 is 5.82 Å². The van der Waals surface area contributed by atoms with Gasteiger partial charge in [0.15, 0.2) is 0 Å². The Labute approximate surface area is 92.7 Å². The number of amides is 1. The van der Waals surface area contributed by atoms with Crippen LogP contribution in [0, 0.1) is 5.82 Å². The fourth-order valence-electron chi connectivity index (χ4n) is 1.87. The van der Waals surface area contributed by atoms with Crippen LogP contribution in [0.5, 0.6) is 0 Å². The molecule has 0 atom stereocenters. The van der Waals surface area contributed by atoms with Gasteiger partial charge in [0.2, 0.25) is 5.91 Å². The molecule has 1 aliphatic heterocycles. The van der Waals surface area contributed by atoms with Crippen LogP contribution >= 0.6 is 0 Å². The second-order valence-electron chi connectivity index (χ2n) is 3.68. The van der Waals surface area contributed by atoms with Crippen LogP contribution in [0.4, 0.5) is 10.1 Å². The van der Waals surface area contributed by atoms with Crippen LogP contribution in [0.1, 0.15) is 5.56 Å². The van der Waals surface area contributed by atoms with Gasteiger partial charge in [-0.1, -0.05) is 12.1 Å². The van der Waals surface area contributed by atoms with Crippen molar-refractivity contribution in [3.8, 4) is 0 Å². The van der Waals surface area contributed by atoms with Gasteiger partial charge in [-0.05, 0) is 6.07 Å². The lowest BCUT2D eigenvalue weighted by molar-refractivity contribution is -0.120. The van der Waals surface area contributed by atoms with Crippen LogP contribution in [0.15, 0.2) is 18.2 Å². The molecule has 1 aromatic rings. The Kier molecular flexibility index (Phi) is 3.05. The van der Waals surface area contributed by atoms with E-state index in [4.69, 9.17) is 5.11 Å². The first-order valence-electron chi connectivity index (χ1n) is 5.12. The maximum Gasteiger partial charge on any atom is 0.239 e. The molecule has 1 saturated heterocycles. The molecule has 1 aromatic carbocycles. The van der Waals surface area contributed by atoms with E-state index in [0.717, 1.165) is 0 Å². The van der Waals surface area contributed by atoms with E-state index in [0.29, 0.717) is 24.3 Å². The molecule has 1 fully saturated rings. The van der Waals surface area contributed by atoms with E-state index in [9.17, 15) is 9.18 Å². The highest BCUT2D eigenvalue weighted by molar-refractivity contribution is 5.83. The maximum atomic E-state index is 13.7. The van der Waals surface area contributed by atoms with Crippen LogP contribution in [-0.2, 0) is 11.4 Å². The number of rotatable bonds is 2. The summed E-state index contributed by atoms with van der Waals surface area (Å²) in [7, 11) is 0. The predicted octanol–water partition coefficient (Wildman–Crippen LogP) is 0.254. The third-order valence-electron chi connectivity index (χ3n) is 2.60. The Morgan fingerprint density at radius 3 is 3.00 bits per heavy atom. The smallest absolute Gasteiger partial charge is 0.239 e. The largest absolute Gasteiger partial charge is 0.392 e. The van der Waals surface area contributed by atoms with Crippen LogP contribution in [-0.4, -0.2) is 30.6 Å². The van der Waals surface area contributed by atoms with Crippen LogP contribution in [0.2, 0.25) is 0 Å². The van der Waals surface area contributed by atoms with Gasteiger partial charge in [-0.2, -0.15) is 0 Å². The molecule has 1 amide bonds. The number of benzene rings is 1. The number of carbonyl (C=O) groups is 1. The molecule has 0 saturated carbocycles. The number of halogens is 1. The fraction of sp³-hybridized carbons (Fsp3) is 0.364. The summed E-state index contributed by atoms with van der Waals surface area (Å²) in [4.78, 5) is 12.9. The number of carbonyl (C=O) groups excluding carboxylic acids is 1. The van der Waals surface area contributed by atoms with E-state index in [1.807, 2.05) is 0 Å². The minimum absolute atomic E-state index is 0.126. The van der Waals surface area contributed by atoms with Gasteiger partial charge < -0.3 is 15.3 Å². The number of piperazine rings is 1. The van der Waals surface area contributed by atoms with Gasteiger partial charge in [-0.15, -0.1) is 0 Å². The molecular formula is C11H13FN2O2. The molecule has 0 spiro atoms. The van der Waals surface area contributed by atoms with Crippen molar-refractivity contribution in [2.75, 3.05) is 24.5 Å². The summed E-state index contributed by atoms with van der Waals surface area (Å²) in [5, 5.41) is 11.8. The van der Waals surface area contributed by atoms with Crippen molar-refractivity contribution in [1.29, 1.82) is 0 Å². The molecule has 0 aliphatic carbocycles. The van der Waals surface area contributed by atoms with Gasteiger partial charge in [-0.3, -0.25) is 4.79 Å². The summed E-state index contributed by atoms with van der Waals surface area (Å²) in [6, 6.07) is 4.54. The SMILES string of the molecule is O=C1CN(c2c(F)cccc2CO)CCN1. The lowest BCUT2D eigenvalue weighted by Gasteiger charge is -2.30. The Hall–Kier alpha value is -1.62. The number of nitrogens with zero attached hydrogens (tertiary/aromatic N) is 1. The summed E-state index contributed by atoms with van der Waals surface area (Å²) in [5.74, 6) is -0.528. The molecule has 0 radical (unpaired) electrons. The molecule has 2 N–H and O–H groups in total. The zero-order valence-electron chi connectivity index (χ0n) is 8.74. The van der Waals surface area contributed by atoms with Gasteiger partial charge in [0.25, 0.3) is 0 Å². The molecule has 86 valence electrons. The highest BCUT2D eigenvalue weighted by Crippen LogP contribution is 2.24. The average molecular weight is 224 g/mol. The normalized spacial score (nSPS) is 16.1. The zero-order chi connectivity index (χ0) is 11.5. The van der Waals surface area contributed by atoms with Crippen molar-refractivity contribution < 1.29 is 14.3 Å². The summed E-state index contributed by atoms with van der Waals surface area (Å²) < 4.78 is 13.7. The standard InChI is InChI=1S/C11H13FN2O2/c12-9-3-1-2-8(7-15)11(9)14-5-4-13-10(16)6-14/h1-3,15H,4-7H2,(H,13,16). The molecule has 4 nitrogen and oxygen atoms in total. The Morgan fingerprint density at radius 2 is 2.31 bits per heavy atom. The molecule has 2 rings (SSSR count). The van der Waals surface area contributed by atoms with E-state index in [-0.39, 0.29) is 19.1 Å². The zero-order valence-corrected chi connectivity index (χ0v) is 8.74. The second-order valence-corrected chi connectivity index (χ2v) is 3.68. The van der Waals surface area contributed by atoms with Crippen molar-refractivity contribution in [3.63, 3.8) is 0 Å². The molecule has 0 bridgehead atoms. The van der Waals surface area contributed by atoms with Gasteiger partial charge in [0.05, 0.1) is 18.8 Å². The minimum atomic E-state index is -0.402. The topological polar surface area (TPSA) is 52.6 Å². The van der Waals surface area contributed by atoms with Crippen molar-refractivity contribution in [3.05, 3.63) is 29.6 Å². The van der Waals surface area contributed by atoms with Crippen LogP contribution in [0.3, 0.4) is 0 Å². The third kappa shape index (κ3) is 1.99. The highest BCUT2D eigenvalue weighted by atomic mass is 19.1. The molecule has 0 unspecified atom stereocenters. The van der Waals surface area contributed by atoms with Gasteiger partial charge in [0, 0.05) is 18.7 Å². The molecule has 1 aliphatic rings. The lowest BCUT2D eigenvalue weighted by atomic mass is 10.1. The Balaban J connectivity index is 2.34. The number of aliphatic hydroxyl groups excluding tert-OH is 1. The maximum absolute atomic E-state index is 13.7. The summed E-state index contributed by atoms with van der Waals surface area (Å²) in [5.41, 5.74) is 0.842. The van der Waals surface area contributed by atoms with Crippen molar-refractivity contribution in [1.82, 2.24) is 5.32 Å². The monoisotopic (exact) mass is 224 g/mol. The number of hydrogen-bond donors (Lipinski definition) is 2. The number of para-hydroxylation sites is 1. The van der Waals surface area contributed by atoms with Gasteiger partial charge in [-0.25, -0.2) is 4.39 Å². The van der Waals surface area contributed by atoms with Crippen LogP contribution in [0.25, 0.3) is 0 Å². The van der Waals surface area contributed by atoms with E-state index in [1.54, 1.807) is 17.0 Å². The van der Waals surface area contributed by atoms with E-state index in [2.05, 4.69) is 5.32 Å².